The summed E-state index contributed by atoms with van der Waals surface area (Å²) in [6.07, 6.45) is 3.97. The highest BCUT2D eigenvalue weighted by Crippen LogP contribution is 2.31. The van der Waals surface area contributed by atoms with Gasteiger partial charge in [-0.05, 0) is 50.9 Å². The Morgan fingerprint density at radius 3 is 2.81 bits per heavy atom. The molecule has 118 valence electrons. The molecule has 0 aromatic heterocycles. The Morgan fingerprint density at radius 1 is 1.24 bits per heavy atom. The van der Waals surface area contributed by atoms with Gasteiger partial charge in [0.2, 0.25) is 0 Å². The fourth-order valence-electron chi connectivity index (χ4n) is 2.97. The van der Waals surface area contributed by atoms with Gasteiger partial charge in [-0.15, -0.1) is 0 Å². The van der Waals surface area contributed by atoms with Crippen molar-refractivity contribution in [3.05, 3.63) is 24.3 Å². The first kappa shape index (κ1) is 16.2. The molecule has 1 N–H and O–H groups in total. The summed E-state index contributed by atoms with van der Waals surface area (Å²) in [6.45, 7) is 6.39. The van der Waals surface area contributed by atoms with Gasteiger partial charge in [-0.25, -0.2) is 0 Å². The maximum absolute atomic E-state index is 5.81. The molecule has 1 saturated carbocycles. The number of anilines is 1. The summed E-state index contributed by atoms with van der Waals surface area (Å²) in [5, 5.41) is 3.71. The second-order valence-electron chi connectivity index (χ2n) is 6.83. The van der Waals surface area contributed by atoms with E-state index in [1.807, 2.05) is 6.07 Å². The molecule has 3 unspecified atom stereocenters. The van der Waals surface area contributed by atoms with Crippen LogP contribution < -0.4 is 10.1 Å². The van der Waals surface area contributed by atoms with Gasteiger partial charge in [0.05, 0.1) is 0 Å². The summed E-state index contributed by atoms with van der Waals surface area (Å²) in [5.41, 5.74) is 1.18. The van der Waals surface area contributed by atoms with E-state index in [4.69, 9.17) is 4.74 Å². The van der Waals surface area contributed by atoms with Crippen molar-refractivity contribution in [2.24, 2.45) is 11.8 Å². The van der Waals surface area contributed by atoms with E-state index >= 15 is 0 Å². The number of nitrogens with one attached hydrogen (secondary N) is 1. The average molecular weight is 290 g/mol. The highest BCUT2D eigenvalue weighted by atomic mass is 16.5. The van der Waals surface area contributed by atoms with E-state index in [9.17, 15) is 0 Å². The van der Waals surface area contributed by atoms with Crippen LogP contribution in [-0.4, -0.2) is 38.2 Å². The topological polar surface area (TPSA) is 24.5 Å². The number of likely N-dealkylation sites (N-methyl/N-ethyl adjacent to an activating group) is 1. The Bertz CT molecular complexity index is 433. The first-order valence-corrected chi connectivity index (χ1v) is 8.18. The standard InChI is InChI=1S/C18H30N2O/c1-14-8-9-15(2)18(12-14)19-16-6-5-7-17(13-16)21-11-10-20(3)4/h5-7,13-15,18-19H,8-12H2,1-4H3. The van der Waals surface area contributed by atoms with Crippen LogP contribution in [0.15, 0.2) is 24.3 Å². The predicted molar refractivity (Wildman–Crippen MR) is 90.1 cm³/mol. The molecule has 0 amide bonds. The Balaban J connectivity index is 1.90. The molecule has 3 heteroatoms. The van der Waals surface area contributed by atoms with Gasteiger partial charge in [0.1, 0.15) is 12.4 Å². The number of hydrogen-bond acceptors (Lipinski definition) is 3. The smallest absolute Gasteiger partial charge is 0.121 e. The van der Waals surface area contributed by atoms with Crippen LogP contribution in [0.2, 0.25) is 0 Å². The molecule has 0 saturated heterocycles. The minimum absolute atomic E-state index is 0.589. The lowest BCUT2D eigenvalue weighted by atomic mass is 9.80. The van der Waals surface area contributed by atoms with Crippen molar-refractivity contribution in [2.45, 2.75) is 39.2 Å². The average Bonchev–Trinajstić information content (AvgIpc) is 2.43. The van der Waals surface area contributed by atoms with Crippen molar-refractivity contribution >= 4 is 5.69 Å². The molecule has 0 aliphatic heterocycles. The van der Waals surface area contributed by atoms with E-state index in [0.29, 0.717) is 6.04 Å². The molecular formula is C18H30N2O. The maximum Gasteiger partial charge on any atom is 0.121 e. The molecule has 0 bridgehead atoms. The lowest BCUT2D eigenvalue weighted by Crippen LogP contribution is -2.33. The number of nitrogens with zero attached hydrogens (tertiary/aromatic N) is 1. The fourth-order valence-corrected chi connectivity index (χ4v) is 2.97. The van der Waals surface area contributed by atoms with Crippen LogP contribution in [0, 0.1) is 11.8 Å². The summed E-state index contributed by atoms with van der Waals surface area (Å²) >= 11 is 0. The van der Waals surface area contributed by atoms with Crippen LogP contribution in [-0.2, 0) is 0 Å². The Kier molecular flexibility index (Phi) is 5.92. The van der Waals surface area contributed by atoms with Gasteiger partial charge < -0.3 is 15.0 Å². The summed E-state index contributed by atoms with van der Waals surface area (Å²) < 4.78 is 5.81. The van der Waals surface area contributed by atoms with Gasteiger partial charge in [-0.3, -0.25) is 0 Å². The van der Waals surface area contributed by atoms with Crippen LogP contribution in [0.25, 0.3) is 0 Å². The molecule has 3 nitrogen and oxygen atoms in total. The molecular weight excluding hydrogens is 260 g/mol. The Hall–Kier alpha value is -1.22. The summed E-state index contributed by atoms with van der Waals surface area (Å²) in [5.74, 6) is 2.54. The zero-order valence-electron chi connectivity index (χ0n) is 13.9. The maximum atomic E-state index is 5.81. The minimum atomic E-state index is 0.589. The van der Waals surface area contributed by atoms with E-state index < -0.39 is 0 Å². The zero-order chi connectivity index (χ0) is 15.2. The highest BCUT2D eigenvalue weighted by Gasteiger charge is 2.25. The fraction of sp³-hybridized carbons (Fsp3) is 0.667. The van der Waals surface area contributed by atoms with E-state index in [2.05, 4.69) is 56.4 Å². The summed E-state index contributed by atoms with van der Waals surface area (Å²) in [6, 6.07) is 8.97. The molecule has 21 heavy (non-hydrogen) atoms. The first-order valence-electron chi connectivity index (χ1n) is 8.18. The van der Waals surface area contributed by atoms with E-state index in [0.717, 1.165) is 30.7 Å². The van der Waals surface area contributed by atoms with Crippen molar-refractivity contribution in [2.75, 3.05) is 32.6 Å². The molecule has 0 spiro atoms. The second-order valence-corrected chi connectivity index (χ2v) is 6.83. The van der Waals surface area contributed by atoms with Crippen molar-refractivity contribution < 1.29 is 4.74 Å². The van der Waals surface area contributed by atoms with Crippen molar-refractivity contribution in [3.8, 4) is 5.75 Å². The molecule has 1 aliphatic carbocycles. The Labute approximate surface area is 129 Å². The first-order chi connectivity index (χ1) is 10.0. The molecule has 0 radical (unpaired) electrons. The largest absolute Gasteiger partial charge is 0.492 e. The van der Waals surface area contributed by atoms with Crippen LogP contribution in [0.1, 0.15) is 33.1 Å². The van der Waals surface area contributed by atoms with E-state index in [1.54, 1.807) is 0 Å². The van der Waals surface area contributed by atoms with Crippen LogP contribution in [0.3, 0.4) is 0 Å². The van der Waals surface area contributed by atoms with Crippen molar-refractivity contribution in [1.82, 2.24) is 4.90 Å². The molecule has 0 heterocycles. The minimum Gasteiger partial charge on any atom is -0.492 e. The third-order valence-corrected chi connectivity index (χ3v) is 4.45. The van der Waals surface area contributed by atoms with Gasteiger partial charge in [-0.2, -0.15) is 0 Å². The predicted octanol–water partition coefficient (Wildman–Crippen LogP) is 3.86. The summed E-state index contributed by atoms with van der Waals surface area (Å²) in [4.78, 5) is 2.13. The Morgan fingerprint density at radius 2 is 2.05 bits per heavy atom. The quantitative estimate of drug-likeness (QED) is 0.861. The number of hydrogen-bond donors (Lipinski definition) is 1. The number of benzene rings is 1. The highest BCUT2D eigenvalue weighted by molar-refractivity contribution is 5.49. The third-order valence-electron chi connectivity index (χ3n) is 4.45. The molecule has 2 rings (SSSR count). The lowest BCUT2D eigenvalue weighted by molar-refractivity contribution is 0.261. The monoisotopic (exact) mass is 290 g/mol. The van der Waals surface area contributed by atoms with Gasteiger partial charge >= 0.3 is 0 Å². The van der Waals surface area contributed by atoms with E-state index in [1.165, 1.54) is 24.9 Å². The van der Waals surface area contributed by atoms with Crippen molar-refractivity contribution in [1.29, 1.82) is 0 Å². The van der Waals surface area contributed by atoms with Gasteiger partial charge in [0.15, 0.2) is 0 Å². The second kappa shape index (κ2) is 7.69. The molecule has 1 fully saturated rings. The van der Waals surface area contributed by atoms with Crippen LogP contribution in [0.4, 0.5) is 5.69 Å². The van der Waals surface area contributed by atoms with Gasteiger partial charge in [0, 0.05) is 24.3 Å². The number of ether oxygens (including phenoxy) is 1. The van der Waals surface area contributed by atoms with Crippen molar-refractivity contribution in [3.63, 3.8) is 0 Å². The van der Waals surface area contributed by atoms with Gasteiger partial charge in [0.25, 0.3) is 0 Å². The van der Waals surface area contributed by atoms with Crippen LogP contribution >= 0.6 is 0 Å². The molecule has 1 aromatic rings. The SMILES string of the molecule is CC1CCC(C)C(Nc2cccc(OCCN(C)C)c2)C1. The summed E-state index contributed by atoms with van der Waals surface area (Å²) in [7, 11) is 4.12. The van der Waals surface area contributed by atoms with Crippen LogP contribution in [0.5, 0.6) is 5.75 Å². The third kappa shape index (κ3) is 5.24. The van der Waals surface area contributed by atoms with Gasteiger partial charge in [-0.1, -0.05) is 26.3 Å². The molecule has 1 aromatic carbocycles. The normalized spacial score (nSPS) is 25.9. The zero-order valence-corrected chi connectivity index (χ0v) is 13.9. The molecule has 1 aliphatic rings. The molecule has 3 atom stereocenters. The number of rotatable bonds is 6. The lowest BCUT2D eigenvalue weighted by Gasteiger charge is -2.34. The van der Waals surface area contributed by atoms with E-state index in [-0.39, 0.29) is 0 Å².